The van der Waals surface area contributed by atoms with Gasteiger partial charge in [-0.3, -0.25) is 14.6 Å². The largest absolute Gasteiger partial charge is 0.344 e. The van der Waals surface area contributed by atoms with Gasteiger partial charge in [0.05, 0.1) is 16.3 Å². The van der Waals surface area contributed by atoms with Gasteiger partial charge < -0.3 is 5.32 Å². The second-order valence-corrected chi connectivity index (χ2v) is 5.17. The number of benzene rings is 1. The summed E-state index contributed by atoms with van der Waals surface area (Å²) in [6.07, 6.45) is 4.50. The molecular formula is C15H12Cl2N4O2. The normalized spacial score (nSPS) is 10.5. The molecule has 6 nitrogen and oxygen atoms in total. The third-order valence-corrected chi connectivity index (χ3v) is 3.59. The molecule has 0 radical (unpaired) electrons. The molecule has 2 aromatic rings. The van der Waals surface area contributed by atoms with E-state index in [0.717, 1.165) is 5.56 Å². The molecule has 0 saturated heterocycles. The SMILES string of the molecule is O=C(NCc1ccncc1)C(=O)N/N=C\c1cccc(Cl)c1Cl. The molecule has 0 atom stereocenters. The lowest BCUT2D eigenvalue weighted by Crippen LogP contribution is -2.37. The maximum absolute atomic E-state index is 11.6. The van der Waals surface area contributed by atoms with Gasteiger partial charge in [0, 0.05) is 24.5 Å². The van der Waals surface area contributed by atoms with Crippen LogP contribution in [-0.2, 0) is 16.1 Å². The summed E-state index contributed by atoms with van der Waals surface area (Å²) in [5, 5.41) is 6.84. The molecule has 118 valence electrons. The summed E-state index contributed by atoms with van der Waals surface area (Å²) in [4.78, 5) is 27.1. The molecular weight excluding hydrogens is 339 g/mol. The molecule has 2 N–H and O–H groups in total. The Kier molecular flexibility index (Phi) is 6.08. The number of rotatable bonds is 4. The molecule has 1 aromatic heterocycles. The Bertz CT molecular complexity index is 736. The molecule has 0 aliphatic rings. The standard InChI is InChI=1S/C15H12Cl2N4O2/c16-12-3-1-2-11(13(12)17)9-20-21-15(23)14(22)19-8-10-4-6-18-7-5-10/h1-7,9H,8H2,(H,19,22)(H,21,23)/b20-9-. The van der Waals surface area contributed by atoms with Crippen molar-refractivity contribution in [1.29, 1.82) is 0 Å². The second kappa shape index (κ2) is 8.26. The van der Waals surface area contributed by atoms with Gasteiger partial charge >= 0.3 is 11.8 Å². The van der Waals surface area contributed by atoms with E-state index in [1.165, 1.54) is 6.21 Å². The van der Waals surface area contributed by atoms with Gasteiger partial charge in [0.2, 0.25) is 0 Å². The number of carbonyl (C=O) groups is 2. The minimum Gasteiger partial charge on any atom is -0.344 e. The van der Waals surface area contributed by atoms with E-state index in [9.17, 15) is 9.59 Å². The minimum atomic E-state index is -0.881. The van der Waals surface area contributed by atoms with Gasteiger partial charge in [-0.1, -0.05) is 35.3 Å². The van der Waals surface area contributed by atoms with Crippen LogP contribution in [0.15, 0.2) is 47.8 Å². The van der Waals surface area contributed by atoms with Gasteiger partial charge in [-0.2, -0.15) is 5.10 Å². The van der Waals surface area contributed by atoms with Crippen molar-refractivity contribution in [2.24, 2.45) is 5.10 Å². The van der Waals surface area contributed by atoms with Crippen molar-refractivity contribution in [3.63, 3.8) is 0 Å². The van der Waals surface area contributed by atoms with Crippen molar-refractivity contribution in [3.05, 3.63) is 63.9 Å². The number of nitrogens with one attached hydrogen (secondary N) is 2. The molecule has 0 aliphatic heterocycles. The first-order valence-electron chi connectivity index (χ1n) is 6.52. The first kappa shape index (κ1) is 16.9. The zero-order chi connectivity index (χ0) is 16.7. The molecule has 8 heteroatoms. The first-order valence-corrected chi connectivity index (χ1v) is 7.27. The zero-order valence-corrected chi connectivity index (χ0v) is 13.3. The van der Waals surface area contributed by atoms with Crippen LogP contribution in [0.4, 0.5) is 0 Å². The van der Waals surface area contributed by atoms with E-state index in [2.05, 4.69) is 20.8 Å². The quantitative estimate of drug-likeness (QED) is 0.503. The highest BCUT2D eigenvalue weighted by Crippen LogP contribution is 2.23. The van der Waals surface area contributed by atoms with Crippen LogP contribution in [0.1, 0.15) is 11.1 Å². The van der Waals surface area contributed by atoms with Crippen LogP contribution < -0.4 is 10.7 Å². The van der Waals surface area contributed by atoms with Crippen LogP contribution in [-0.4, -0.2) is 23.0 Å². The Hall–Kier alpha value is -2.44. The highest BCUT2D eigenvalue weighted by molar-refractivity contribution is 6.43. The first-order chi connectivity index (χ1) is 11.1. The van der Waals surface area contributed by atoms with Crippen molar-refractivity contribution in [3.8, 4) is 0 Å². The van der Waals surface area contributed by atoms with E-state index in [4.69, 9.17) is 23.2 Å². The van der Waals surface area contributed by atoms with Gasteiger partial charge in [-0.05, 0) is 23.8 Å². The van der Waals surface area contributed by atoms with E-state index in [1.54, 1.807) is 42.7 Å². The summed E-state index contributed by atoms with van der Waals surface area (Å²) in [7, 11) is 0. The van der Waals surface area contributed by atoms with Gasteiger partial charge in [-0.15, -0.1) is 0 Å². The van der Waals surface area contributed by atoms with Crippen molar-refractivity contribution in [2.75, 3.05) is 0 Å². The molecule has 0 fully saturated rings. The lowest BCUT2D eigenvalue weighted by molar-refractivity contribution is -0.139. The Morgan fingerprint density at radius 1 is 1.13 bits per heavy atom. The van der Waals surface area contributed by atoms with E-state index in [1.807, 2.05) is 0 Å². The number of pyridine rings is 1. The predicted molar refractivity (Wildman–Crippen MR) is 88.3 cm³/mol. The molecule has 23 heavy (non-hydrogen) atoms. The Morgan fingerprint density at radius 3 is 2.61 bits per heavy atom. The van der Waals surface area contributed by atoms with Crippen LogP contribution in [0, 0.1) is 0 Å². The smallest absolute Gasteiger partial charge is 0.329 e. The van der Waals surface area contributed by atoms with Gasteiger partial charge in [0.25, 0.3) is 0 Å². The lowest BCUT2D eigenvalue weighted by Gasteiger charge is -2.04. The summed E-state index contributed by atoms with van der Waals surface area (Å²) < 4.78 is 0. The maximum atomic E-state index is 11.6. The van der Waals surface area contributed by atoms with Crippen LogP contribution in [0.2, 0.25) is 10.0 Å². The summed E-state index contributed by atoms with van der Waals surface area (Å²) in [6, 6.07) is 8.47. The van der Waals surface area contributed by atoms with Crippen LogP contribution in [0.3, 0.4) is 0 Å². The fourth-order valence-electron chi connectivity index (χ4n) is 1.59. The maximum Gasteiger partial charge on any atom is 0.329 e. The van der Waals surface area contributed by atoms with E-state index < -0.39 is 11.8 Å². The molecule has 1 heterocycles. The summed E-state index contributed by atoms with van der Waals surface area (Å²) in [5.41, 5.74) is 3.47. The monoisotopic (exact) mass is 350 g/mol. The van der Waals surface area contributed by atoms with E-state index in [0.29, 0.717) is 15.6 Å². The van der Waals surface area contributed by atoms with Gasteiger partial charge in [0.1, 0.15) is 0 Å². The number of carbonyl (C=O) groups excluding carboxylic acids is 2. The summed E-state index contributed by atoms with van der Waals surface area (Å²) in [6.45, 7) is 0.221. The zero-order valence-electron chi connectivity index (χ0n) is 11.8. The number of halogens is 2. The third kappa shape index (κ3) is 5.05. The Balaban J connectivity index is 1.85. The predicted octanol–water partition coefficient (Wildman–Crippen LogP) is 2.15. The average molecular weight is 351 g/mol. The topological polar surface area (TPSA) is 83.5 Å². The van der Waals surface area contributed by atoms with Crippen LogP contribution in [0.5, 0.6) is 0 Å². The fourth-order valence-corrected chi connectivity index (χ4v) is 1.95. The van der Waals surface area contributed by atoms with Crippen molar-refractivity contribution >= 4 is 41.2 Å². The molecule has 0 spiro atoms. The number of hydrogen-bond acceptors (Lipinski definition) is 4. The average Bonchev–Trinajstić information content (AvgIpc) is 2.57. The molecule has 2 amide bonds. The summed E-state index contributed by atoms with van der Waals surface area (Å²) in [5.74, 6) is -1.68. The fraction of sp³-hybridized carbons (Fsp3) is 0.0667. The molecule has 0 unspecified atom stereocenters. The van der Waals surface area contributed by atoms with E-state index >= 15 is 0 Å². The molecule has 2 rings (SSSR count). The third-order valence-electron chi connectivity index (χ3n) is 2.76. The summed E-state index contributed by atoms with van der Waals surface area (Å²) >= 11 is 11.8. The van der Waals surface area contributed by atoms with E-state index in [-0.39, 0.29) is 6.54 Å². The highest BCUT2D eigenvalue weighted by Gasteiger charge is 2.12. The van der Waals surface area contributed by atoms with Gasteiger partial charge in [-0.25, -0.2) is 5.43 Å². The second-order valence-electron chi connectivity index (χ2n) is 4.38. The molecule has 0 aliphatic carbocycles. The molecule has 0 saturated carbocycles. The van der Waals surface area contributed by atoms with Gasteiger partial charge in [0.15, 0.2) is 0 Å². The molecule has 0 bridgehead atoms. The van der Waals surface area contributed by atoms with Crippen molar-refractivity contribution in [2.45, 2.75) is 6.54 Å². The van der Waals surface area contributed by atoms with Crippen LogP contribution in [0.25, 0.3) is 0 Å². The molecule has 1 aromatic carbocycles. The highest BCUT2D eigenvalue weighted by atomic mass is 35.5. The lowest BCUT2D eigenvalue weighted by atomic mass is 10.2. The van der Waals surface area contributed by atoms with Crippen molar-refractivity contribution < 1.29 is 9.59 Å². The number of hydrazone groups is 1. The Labute approximate surface area is 142 Å². The van der Waals surface area contributed by atoms with Crippen molar-refractivity contribution in [1.82, 2.24) is 15.7 Å². The number of aromatic nitrogens is 1. The number of amides is 2. The minimum absolute atomic E-state index is 0.221. The Morgan fingerprint density at radius 2 is 1.87 bits per heavy atom. The number of hydrogen-bond donors (Lipinski definition) is 2. The number of nitrogens with zero attached hydrogens (tertiary/aromatic N) is 2. The van der Waals surface area contributed by atoms with Crippen LogP contribution >= 0.6 is 23.2 Å².